The minimum atomic E-state index is -1.35. The van der Waals surface area contributed by atoms with Crippen LogP contribution in [-0.2, 0) is 26.5 Å². The Balaban J connectivity index is 0.000000181. The molecular weight excluding hydrogens is 875 g/mol. The molecule has 0 aliphatic heterocycles. The van der Waals surface area contributed by atoms with Crippen molar-refractivity contribution < 1.29 is 30.0 Å². The summed E-state index contributed by atoms with van der Waals surface area (Å²) in [4.78, 5) is 9.59. The van der Waals surface area contributed by atoms with E-state index in [0.29, 0.717) is 5.56 Å². The first-order chi connectivity index (χ1) is 28.6. The Labute approximate surface area is 355 Å². The van der Waals surface area contributed by atoms with Gasteiger partial charge >= 0.3 is 0 Å². The van der Waals surface area contributed by atoms with Gasteiger partial charge in [0.2, 0.25) is 0 Å². The Morgan fingerprint density at radius 2 is 1.39 bits per heavy atom. The summed E-state index contributed by atoms with van der Waals surface area (Å²) in [6.07, 6.45) is 0.499. The van der Waals surface area contributed by atoms with Crippen LogP contribution in [0.3, 0.4) is 0 Å². The first-order valence-corrected chi connectivity index (χ1v) is 19.1. The van der Waals surface area contributed by atoms with E-state index in [1.807, 2.05) is 181 Å². The molecule has 9 aromatic rings. The molecule has 6 aromatic carbocycles. The van der Waals surface area contributed by atoms with Gasteiger partial charge in [-0.15, -0.1) is 54.1 Å². The van der Waals surface area contributed by atoms with Gasteiger partial charge in [0.25, 0.3) is 0 Å². The maximum Gasteiger partial charge on any atom is 0.120 e. The van der Waals surface area contributed by atoms with Crippen molar-refractivity contribution >= 4 is 33.0 Å². The maximum absolute atomic E-state index is 8.80. The summed E-state index contributed by atoms with van der Waals surface area (Å²) in [5.41, 5.74) is 11.3. The van der Waals surface area contributed by atoms with Crippen LogP contribution in [0.1, 0.15) is 75.5 Å². The number of hydrogen-bond acceptors (Lipinski definition) is 3. The molecule has 287 valence electrons. The Morgan fingerprint density at radius 1 is 0.684 bits per heavy atom. The predicted molar refractivity (Wildman–Crippen MR) is 233 cm³/mol. The Hall–Kier alpha value is -5.61. The quantitative estimate of drug-likeness (QED) is 0.143. The predicted octanol–water partition coefficient (Wildman–Crippen LogP) is 14.1. The monoisotopic (exact) mass is 926 g/mol. The number of pyridine rings is 1. The van der Waals surface area contributed by atoms with Gasteiger partial charge in [0.1, 0.15) is 5.58 Å². The SMILES string of the molecule is [2H]C(C)(C)c1cccc(C([2H])(C)C)c1-n1c(-c2[c-]cccc2)nc2ccccc21.[2H]C([2H])(c1ccc(-c2ccc(-c3[c-]ccc4c3oc3ccccc34)nc2)cc1)C(C)C.[Ir]. The van der Waals surface area contributed by atoms with Crippen molar-refractivity contribution in [1.82, 2.24) is 14.5 Å². The molecule has 0 aliphatic rings. The molecule has 3 aromatic heterocycles. The fourth-order valence-corrected chi connectivity index (χ4v) is 7.24. The second-order valence-electron chi connectivity index (χ2n) is 14.7. The topological polar surface area (TPSA) is 43.9 Å². The van der Waals surface area contributed by atoms with Gasteiger partial charge < -0.3 is 14.0 Å². The van der Waals surface area contributed by atoms with E-state index in [0.717, 1.165) is 83.6 Å². The van der Waals surface area contributed by atoms with Gasteiger partial charge in [0.05, 0.1) is 22.4 Å². The molecule has 0 amide bonds. The molecule has 57 heavy (non-hydrogen) atoms. The fraction of sp³-hybridized carbons (Fsp3) is 0.192. The van der Waals surface area contributed by atoms with Crippen molar-refractivity contribution in [3.8, 4) is 39.5 Å². The first kappa shape index (κ1) is 34.6. The number of nitrogens with zero attached hydrogens (tertiary/aromatic N) is 3. The van der Waals surface area contributed by atoms with E-state index >= 15 is 0 Å². The van der Waals surface area contributed by atoms with Gasteiger partial charge in [-0.3, -0.25) is 4.98 Å². The Bertz CT molecular complexity index is 2910. The number of aromatic nitrogens is 3. The van der Waals surface area contributed by atoms with Crippen molar-refractivity contribution in [3.63, 3.8) is 0 Å². The Kier molecular flexibility index (Phi) is 10.5. The molecule has 0 bridgehead atoms. The largest absolute Gasteiger partial charge is 0.501 e. The minimum Gasteiger partial charge on any atom is -0.501 e. The van der Waals surface area contributed by atoms with Crippen LogP contribution < -0.4 is 0 Å². The van der Waals surface area contributed by atoms with Crippen molar-refractivity contribution in [2.45, 2.75) is 59.7 Å². The third-order valence-corrected chi connectivity index (χ3v) is 9.88. The van der Waals surface area contributed by atoms with Gasteiger partial charge in [-0.25, -0.2) is 0 Å². The second kappa shape index (κ2) is 17.3. The standard InChI is InChI=1S/C27H22NO.C25H25N2.Ir/c1-18(2)16-19-10-12-20(13-11-19)21-14-15-25(28-17-21)24-8-5-7-23-22-6-3-4-9-26(22)29-27(23)24;1-17(2)20-13-10-14-21(18(3)4)24(20)27-23-16-9-8-15-22(23)26-25(27)19-11-6-5-7-12-19;/h3-7,9-15,17-18H,16H2,1-2H3;5-11,13-18H,1-4H3;/q2*-1;/i16D2;17D,18D;. The zero-order valence-electron chi connectivity index (χ0n) is 37.0. The maximum atomic E-state index is 8.80. The van der Waals surface area contributed by atoms with Crippen LogP contribution in [0.4, 0.5) is 0 Å². The number of hydrogen-bond donors (Lipinski definition) is 0. The summed E-state index contributed by atoms with van der Waals surface area (Å²) >= 11 is 0. The van der Waals surface area contributed by atoms with Gasteiger partial charge in [-0.2, -0.15) is 0 Å². The Morgan fingerprint density at radius 3 is 2.07 bits per heavy atom. The van der Waals surface area contributed by atoms with Crippen LogP contribution in [0.5, 0.6) is 0 Å². The summed E-state index contributed by atoms with van der Waals surface area (Å²) in [6.45, 7) is 11.4. The number of benzene rings is 6. The van der Waals surface area contributed by atoms with Crippen molar-refractivity contribution in [2.24, 2.45) is 5.92 Å². The number of rotatable bonds is 8. The van der Waals surface area contributed by atoms with E-state index < -0.39 is 18.2 Å². The van der Waals surface area contributed by atoms with E-state index in [-0.39, 0.29) is 26.0 Å². The summed E-state index contributed by atoms with van der Waals surface area (Å²) in [5, 5.41) is 2.15. The zero-order chi connectivity index (χ0) is 42.4. The number of furan rings is 1. The summed E-state index contributed by atoms with van der Waals surface area (Å²) in [6, 6.07) is 52.0. The normalized spacial score (nSPS) is 13.0. The van der Waals surface area contributed by atoms with Crippen LogP contribution in [-0.4, -0.2) is 14.5 Å². The molecule has 0 atom stereocenters. The molecule has 0 aliphatic carbocycles. The number of fused-ring (bicyclic) bond motifs is 4. The molecule has 3 heterocycles. The van der Waals surface area contributed by atoms with E-state index in [1.54, 1.807) is 0 Å². The van der Waals surface area contributed by atoms with E-state index in [9.17, 15) is 0 Å². The molecule has 4 nitrogen and oxygen atoms in total. The molecule has 5 heteroatoms. The van der Waals surface area contributed by atoms with Crippen molar-refractivity contribution in [3.05, 3.63) is 175 Å². The molecule has 0 unspecified atom stereocenters. The van der Waals surface area contributed by atoms with Gasteiger partial charge in [0.15, 0.2) is 0 Å². The van der Waals surface area contributed by atoms with Crippen LogP contribution in [0.25, 0.3) is 72.4 Å². The third-order valence-electron chi connectivity index (χ3n) is 9.88. The van der Waals surface area contributed by atoms with Crippen LogP contribution in [0, 0.1) is 18.1 Å². The molecule has 1 radical (unpaired) electrons. The van der Waals surface area contributed by atoms with Crippen molar-refractivity contribution in [1.29, 1.82) is 0 Å². The molecule has 0 N–H and O–H groups in total. The summed E-state index contributed by atoms with van der Waals surface area (Å²) < 4.78 is 42.4. The molecule has 0 fully saturated rings. The van der Waals surface area contributed by atoms with Gasteiger partial charge in [-0.05, 0) is 75.8 Å². The third kappa shape index (κ3) is 8.14. The smallest absolute Gasteiger partial charge is 0.120 e. The summed E-state index contributed by atoms with van der Waals surface area (Å²) in [5.74, 6) is -0.982. The minimum absolute atomic E-state index is 0. The van der Waals surface area contributed by atoms with Crippen LogP contribution in [0.15, 0.2) is 150 Å². The first-order valence-electron chi connectivity index (χ1n) is 21.1. The van der Waals surface area contributed by atoms with Crippen molar-refractivity contribution in [2.75, 3.05) is 0 Å². The zero-order valence-corrected chi connectivity index (χ0v) is 35.4. The van der Waals surface area contributed by atoms with Crippen LogP contribution in [0.2, 0.25) is 0 Å². The van der Waals surface area contributed by atoms with E-state index in [2.05, 4.69) is 27.8 Å². The number of para-hydroxylation sites is 4. The van der Waals surface area contributed by atoms with E-state index in [1.165, 1.54) is 0 Å². The average molecular weight is 926 g/mol. The fourth-order valence-electron chi connectivity index (χ4n) is 7.24. The number of imidazole rings is 1. The summed E-state index contributed by atoms with van der Waals surface area (Å²) in [7, 11) is 0. The molecule has 0 saturated heterocycles. The van der Waals surface area contributed by atoms with Gasteiger partial charge in [0, 0.05) is 42.9 Å². The molecule has 0 spiro atoms. The average Bonchev–Trinajstić information content (AvgIpc) is 3.82. The second-order valence-corrected chi connectivity index (χ2v) is 14.7. The van der Waals surface area contributed by atoms with Gasteiger partial charge in [-0.1, -0.05) is 137 Å². The van der Waals surface area contributed by atoms with E-state index in [4.69, 9.17) is 14.9 Å². The molecular formula is C52H47IrN3O-2. The van der Waals surface area contributed by atoms with Crippen LogP contribution >= 0.6 is 0 Å². The molecule has 9 rings (SSSR count). The molecule has 0 saturated carbocycles.